The second kappa shape index (κ2) is 4.34. The zero-order valence-corrected chi connectivity index (χ0v) is 11.0. The van der Waals surface area contributed by atoms with E-state index in [1.54, 1.807) is 16.3 Å². The first-order valence-electron chi connectivity index (χ1n) is 6.06. The lowest BCUT2D eigenvalue weighted by molar-refractivity contribution is -0.125. The second-order valence-corrected chi connectivity index (χ2v) is 5.61. The van der Waals surface area contributed by atoms with E-state index in [9.17, 15) is 14.4 Å². The number of imide groups is 1. The van der Waals surface area contributed by atoms with Crippen LogP contribution in [-0.2, 0) is 4.79 Å². The second-order valence-electron chi connectivity index (χ2n) is 4.83. The lowest BCUT2D eigenvalue weighted by Gasteiger charge is -2.37. The number of carbonyl (C=O) groups excluding carboxylic acids is 3. The average molecular weight is 279 g/mol. The van der Waals surface area contributed by atoms with Gasteiger partial charge in [-0.15, -0.1) is 0 Å². The first-order chi connectivity index (χ1) is 9.11. The SMILES string of the molecule is O=C1NC(=O)[C@]2(CCCN(C(=O)c3ccsc3)C2)N1. The molecule has 7 heteroatoms. The molecule has 0 bridgehead atoms. The topological polar surface area (TPSA) is 78.5 Å². The summed E-state index contributed by atoms with van der Waals surface area (Å²) in [5.41, 5.74) is -0.312. The number of piperidine rings is 1. The van der Waals surface area contributed by atoms with Crippen LogP contribution < -0.4 is 10.6 Å². The van der Waals surface area contributed by atoms with E-state index < -0.39 is 11.6 Å². The van der Waals surface area contributed by atoms with Gasteiger partial charge < -0.3 is 10.2 Å². The van der Waals surface area contributed by atoms with Crippen molar-refractivity contribution in [3.05, 3.63) is 22.4 Å². The van der Waals surface area contributed by atoms with E-state index in [0.29, 0.717) is 24.9 Å². The predicted octanol–water partition coefficient (Wildman–Crippen LogP) is 0.562. The maximum Gasteiger partial charge on any atom is 0.322 e. The molecular weight excluding hydrogens is 266 g/mol. The summed E-state index contributed by atoms with van der Waals surface area (Å²) >= 11 is 1.46. The van der Waals surface area contributed by atoms with Gasteiger partial charge in [-0.05, 0) is 24.3 Å². The molecule has 0 aromatic carbocycles. The Kier molecular flexibility index (Phi) is 2.78. The van der Waals surface area contributed by atoms with Crippen molar-refractivity contribution in [2.75, 3.05) is 13.1 Å². The highest BCUT2D eigenvalue weighted by Crippen LogP contribution is 2.25. The molecule has 2 aliphatic rings. The van der Waals surface area contributed by atoms with Crippen LogP contribution in [0.25, 0.3) is 0 Å². The number of nitrogens with zero attached hydrogens (tertiary/aromatic N) is 1. The molecule has 100 valence electrons. The van der Waals surface area contributed by atoms with Crippen molar-refractivity contribution in [2.45, 2.75) is 18.4 Å². The van der Waals surface area contributed by atoms with Crippen molar-refractivity contribution >= 4 is 29.2 Å². The van der Waals surface area contributed by atoms with E-state index in [0.717, 1.165) is 0 Å². The highest BCUT2D eigenvalue weighted by molar-refractivity contribution is 7.08. The summed E-state index contributed by atoms with van der Waals surface area (Å²) in [4.78, 5) is 37.1. The number of carbonyl (C=O) groups is 3. The van der Waals surface area contributed by atoms with Crippen LogP contribution >= 0.6 is 11.3 Å². The van der Waals surface area contributed by atoms with Crippen molar-refractivity contribution in [3.8, 4) is 0 Å². The van der Waals surface area contributed by atoms with Gasteiger partial charge in [0, 0.05) is 11.9 Å². The third-order valence-corrected chi connectivity index (χ3v) is 4.25. The maximum absolute atomic E-state index is 12.3. The lowest BCUT2D eigenvalue weighted by atomic mass is 9.89. The summed E-state index contributed by atoms with van der Waals surface area (Å²) in [6.07, 6.45) is 1.27. The molecule has 0 saturated carbocycles. The van der Waals surface area contributed by atoms with Gasteiger partial charge in [0.25, 0.3) is 11.8 Å². The number of likely N-dealkylation sites (tertiary alicyclic amines) is 1. The number of hydrogen-bond donors (Lipinski definition) is 2. The first kappa shape index (κ1) is 12.2. The molecule has 1 aromatic heterocycles. The smallest absolute Gasteiger partial charge is 0.322 e. The molecule has 0 unspecified atom stereocenters. The Morgan fingerprint density at radius 2 is 2.26 bits per heavy atom. The first-order valence-corrected chi connectivity index (χ1v) is 7.00. The number of hydrogen-bond acceptors (Lipinski definition) is 4. The molecule has 6 nitrogen and oxygen atoms in total. The van der Waals surface area contributed by atoms with Crippen LogP contribution in [0.15, 0.2) is 16.8 Å². The van der Waals surface area contributed by atoms with E-state index in [1.165, 1.54) is 11.3 Å². The van der Waals surface area contributed by atoms with Gasteiger partial charge in [-0.1, -0.05) is 0 Å². The minimum Gasteiger partial charge on any atom is -0.336 e. The van der Waals surface area contributed by atoms with Crippen molar-refractivity contribution in [1.29, 1.82) is 0 Å². The van der Waals surface area contributed by atoms with Crippen LogP contribution in [0.2, 0.25) is 0 Å². The van der Waals surface area contributed by atoms with Crippen LogP contribution in [-0.4, -0.2) is 41.4 Å². The summed E-state index contributed by atoms with van der Waals surface area (Å²) in [5.74, 6) is -0.422. The Hall–Kier alpha value is -1.89. The van der Waals surface area contributed by atoms with E-state index >= 15 is 0 Å². The zero-order chi connectivity index (χ0) is 13.5. The molecule has 3 rings (SSSR count). The maximum atomic E-state index is 12.3. The number of rotatable bonds is 1. The van der Waals surface area contributed by atoms with Gasteiger partial charge >= 0.3 is 6.03 Å². The Morgan fingerprint density at radius 1 is 1.42 bits per heavy atom. The van der Waals surface area contributed by atoms with E-state index in [4.69, 9.17) is 0 Å². The Balaban J connectivity index is 1.80. The van der Waals surface area contributed by atoms with E-state index in [1.807, 2.05) is 5.38 Å². The fourth-order valence-electron chi connectivity index (χ4n) is 2.61. The number of thiophene rings is 1. The number of urea groups is 1. The van der Waals surface area contributed by atoms with Crippen LogP contribution in [0.1, 0.15) is 23.2 Å². The lowest BCUT2D eigenvalue weighted by Crippen LogP contribution is -2.59. The highest BCUT2D eigenvalue weighted by atomic mass is 32.1. The number of amides is 4. The third-order valence-electron chi connectivity index (χ3n) is 3.56. The molecule has 4 amide bonds. The third kappa shape index (κ3) is 1.99. The number of nitrogens with one attached hydrogen (secondary N) is 2. The molecule has 3 heterocycles. The Labute approximate surface area is 113 Å². The molecule has 0 aliphatic carbocycles. The fraction of sp³-hybridized carbons (Fsp3) is 0.417. The van der Waals surface area contributed by atoms with Gasteiger partial charge in [0.2, 0.25) is 0 Å². The van der Waals surface area contributed by atoms with Crippen molar-refractivity contribution in [3.63, 3.8) is 0 Å². The molecule has 1 atom stereocenters. The normalized spacial score (nSPS) is 26.4. The standard InChI is InChI=1S/C12H13N3O3S/c16-9(8-2-5-19-6-8)15-4-1-3-12(7-15)10(17)13-11(18)14-12/h2,5-6H,1,3-4,7H2,(H2,13,14,17,18)/t12-/m1/s1. The van der Waals surface area contributed by atoms with Gasteiger partial charge in [-0.25, -0.2) is 4.79 Å². The minimum absolute atomic E-state index is 0.0886. The molecule has 2 N–H and O–H groups in total. The molecular formula is C12H13N3O3S. The highest BCUT2D eigenvalue weighted by Gasteiger charge is 2.49. The van der Waals surface area contributed by atoms with Crippen molar-refractivity contribution < 1.29 is 14.4 Å². The quantitative estimate of drug-likeness (QED) is 0.737. The molecule has 0 radical (unpaired) electrons. The van der Waals surface area contributed by atoms with Crippen LogP contribution in [0.4, 0.5) is 4.79 Å². The summed E-state index contributed by atoms with van der Waals surface area (Å²) in [5, 5.41) is 8.54. The molecule has 1 aromatic rings. The minimum atomic E-state index is -0.943. The predicted molar refractivity (Wildman–Crippen MR) is 68.9 cm³/mol. The van der Waals surface area contributed by atoms with Crippen molar-refractivity contribution in [2.24, 2.45) is 0 Å². The van der Waals surface area contributed by atoms with E-state index in [2.05, 4.69) is 10.6 Å². The van der Waals surface area contributed by atoms with Gasteiger partial charge in [0.05, 0.1) is 12.1 Å². The largest absolute Gasteiger partial charge is 0.336 e. The fourth-order valence-corrected chi connectivity index (χ4v) is 3.24. The van der Waals surface area contributed by atoms with Crippen LogP contribution in [0, 0.1) is 0 Å². The average Bonchev–Trinajstić information content (AvgIpc) is 2.99. The molecule has 1 spiro atoms. The Bertz CT molecular complexity index is 542. The van der Waals surface area contributed by atoms with Gasteiger partial charge in [0.15, 0.2) is 0 Å². The van der Waals surface area contributed by atoms with Crippen molar-refractivity contribution in [1.82, 2.24) is 15.5 Å². The van der Waals surface area contributed by atoms with Gasteiger partial charge in [-0.3, -0.25) is 14.9 Å². The summed E-state index contributed by atoms with van der Waals surface area (Å²) < 4.78 is 0. The van der Waals surface area contributed by atoms with Crippen LogP contribution in [0.3, 0.4) is 0 Å². The van der Waals surface area contributed by atoms with E-state index in [-0.39, 0.29) is 18.4 Å². The molecule has 2 aliphatic heterocycles. The molecule has 2 fully saturated rings. The monoisotopic (exact) mass is 279 g/mol. The summed E-state index contributed by atoms with van der Waals surface area (Å²) in [7, 11) is 0. The molecule has 2 saturated heterocycles. The zero-order valence-electron chi connectivity index (χ0n) is 10.1. The van der Waals surface area contributed by atoms with Crippen LogP contribution in [0.5, 0.6) is 0 Å². The van der Waals surface area contributed by atoms with Gasteiger partial charge in [-0.2, -0.15) is 11.3 Å². The Morgan fingerprint density at radius 3 is 2.89 bits per heavy atom. The summed E-state index contributed by atoms with van der Waals surface area (Å²) in [6, 6.07) is 1.29. The summed E-state index contributed by atoms with van der Waals surface area (Å²) in [6.45, 7) is 0.846. The molecule has 19 heavy (non-hydrogen) atoms. The van der Waals surface area contributed by atoms with Gasteiger partial charge in [0.1, 0.15) is 5.54 Å².